The second kappa shape index (κ2) is 6.84. The van der Waals surface area contributed by atoms with E-state index in [-0.39, 0.29) is 6.03 Å². The van der Waals surface area contributed by atoms with Crippen molar-refractivity contribution in [3.8, 4) is 0 Å². The minimum atomic E-state index is 0.0123. The molecule has 0 aliphatic heterocycles. The molecule has 0 spiro atoms. The first-order valence-corrected chi connectivity index (χ1v) is 6.82. The Hall–Kier alpha value is -0.770. The second-order valence-corrected chi connectivity index (χ2v) is 6.10. The van der Waals surface area contributed by atoms with Crippen molar-refractivity contribution in [1.82, 2.24) is 10.6 Å². The highest BCUT2D eigenvalue weighted by Gasteiger charge is 2.15. The molecule has 0 heterocycles. The summed E-state index contributed by atoms with van der Waals surface area (Å²) in [6, 6.07) is 0.417. The maximum Gasteiger partial charge on any atom is 0.315 e. The molecular weight excluding hydrogens is 214 g/mol. The summed E-state index contributed by atoms with van der Waals surface area (Å²) in [7, 11) is 6.51. The van der Waals surface area contributed by atoms with Gasteiger partial charge in [-0.25, -0.2) is 4.79 Å². The van der Waals surface area contributed by atoms with Crippen molar-refractivity contribution >= 4 is 6.03 Å². The van der Waals surface area contributed by atoms with Crippen LogP contribution in [0.25, 0.3) is 0 Å². The molecule has 1 saturated carbocycles. The van der Waals surface area contributed by atoms with E-state index in [1.54, 1.807) is 0 Å². The van der Waals surface area contributed by atoms with Gasteiger partial charge in [0.1, 0.15) is 0 Å². The Kier molecular flexibility index (Phi) is 5.75. The monoisotopic (exact) mass is 242 g/mol. The summed E-state index contributed by atoms with van der Waals surface area (Å²) in [5.74, 6) is 0. The lowest BCUT2D eigenvalue weighted by Gasteiger charge is -2.24. The zero-order valence-electron chi connectivity index (χ0n) is 11.6. The highest BCUT2D eigenvalue weighted by Crippen LogP contribution is 2.16. The number of amides is 2. The van der Waals surface area contributed by atoms with E-state index in [9.17, 15) is 4.79 Å². The summed E-state index contributed by atoms with van der Waals surface area (Å²) >= 11 is 0. The van der Waals surface area contributed by atoms with Crippen LogP contribution in [0.3, 0.4) is 0 Å². The molecule has 0 atom stereocenters. The predicted molar refractivity (Wildman–Crippen MR) is 70.9 cm³/mol. The summed E-state index contributed by atoms with van der Waals surface area (Å²) in [5.41, 5.74) is 0. The van der Waals surface area contributed by atoms with E-state index in [1.165, 1.54) is 19.3 Å². The maximum absolute atomic E-state index is 11.6. The highest BCUT2D eigenvalue weighted by atomic mass is 16.2. The second-order valence-electron chi connectivity index (χ2n) is 6.10. The normalized spacial score (nSPS) is 17.8. The smallest absolute Gasteiger partial charge is 0.315 e. The van der Waals surface area contributed by atoms with Gasteiger partial charge in [0, 0.05) is 19.0 Å². The average molecular weight is 242 g/mol. The molecule has 0 radical (unpaired) electrons. The zero-order valence-corrected chi connectivity index (χ0v) is 11.6. The van der Waals surface area contributed by atoms with Crippen molar-refractivity contribution in [2.45, 2.75) is 44.6 Å². The van der Waals surface area contributed by atoms with Crippen molar-refractivity contribution < 1.29 is 9.28 Å². The number of carbonyl (C=O) groups excluding carboxylic acids is 1. The number of quaternary nitrogens is 1. The molecule has 0 aromatic heterocycles. The van der Waals surface area contributed by atoms with Crippen molar-refractivity contribution in [2.75, 3.05) is 34.2 Å². The van der Waals surface area contributed by atoms with Gasteiger partial charge < -0.3 is 15.1 Å². The number of nitrogens with one attached hydrogen (secondary N) is 2. The van der Waals surface area contributed by atoms with E-state index in [4.69, 9.17) is 0 Å². The Morgan fingerprint density at radius 2 is 1.82 bits per heavy atom. The van der Waals surface area contributed by atoms with Crippen LogP contribution in [0, 0.1) is 0 Å². The van der Waals surface area contributed by atoms with Crippen LogP contribution in [0.15, 0.2) is 0 Å². The maximum atomic E-state index is 11.6. The molecule has 0 aromatic rings. The van der Waals surface area contributed by atoms with Gasteiger partial charge in [-0.1, -0.05) is 19.3 Å². The van der Waals surface area contributed by atoms with E-state index in [0.29, 0.717) is 6.04 Å². The molecule has 1 aliphatic rings. The average Bonchev–Trinajstić information content (AvgIpc) is 2.25. The summed E-state index contributed by atoms with van der Waals surface area (Å²) in [4.78, 5) is 11.6. The first-order chi connectivity index (χ1) is 7.97. The molecule has 100 valence electrons. The standard InChI is InChI=1S/C13H27N3O/c1-16(2,3)11-7-10-14-13(17)15-12-8-5-4-6-9-12/h12H,4-11H2,1-3H3,(H-,14,15,17)/p+1. The summed E-state index contributed by atoms with van der Waals surface area (Å²) in [6.45, 7) is 1.86. The Morgan fingerprint density at radius 1 is 1.18 bits per heavy atom. The molecular formula is C13H28N3O+. The third-order valence-electron chi connectivity index (χ3n) is 3.23. The summed E-state index contributed by atoms with van der Waals surface area (Å²) in [6.07, 6.45) is 7.16. The fraction of sp³-hybridized carbons (Fsp3) is 0.923. The largest absolute Gasteiger partial charge is 0.338 e. The number of urea groups is 1. The molecule has 0 aromatic carbocycles. The number of carbonyl (C=O) groups is 1. The van der Waals surface area contributed by atoms with Gasteiger partial charge in [0.15, 0.2) is 0 Å². The molecule has 0 unspecified atom stereocenters. The first-order valence-electron chi connectivity index (χ1n) is 6.82. The van der Waals surface area contributed by atoms with Crippen molar-refractivity contribution in [1.29, 1.82) is 0 Å². The van der Waals surface area contributed by atoms with Gasteiger partial charge in [-0.2, -0.15) is 0 Å². The molecule has 1 aliphatic carbocycles. The number of nitrogens with zero attached hydrogens (tertiary/aromatic N) is 1. The van der Waals surface area contributed by atoms with Gasteiger partial charge >= 0.3 is 6.03 Å². The number of hydrogen-bond donors (Lipinski definition) is 2. The fourth-order valence-electron chi connectivity index (χ4n) is 2.24. The number of rotatable bonds is 5. The quantitative estimate of drug-likeness (QED) is 0.559. The first kappa shape index (κ1) is 14.3. The van der Waals surface area contributed by atoms with Crippen molar-refractivity contribution in [3.63, 3.8) is 0 Å². The topological polar surface area (TPSA) is 41.1 Å². The van der Waals surface area contributed by atoms with Gasteiger partial charge in [0.2, 0.25) is 0 Å². The lowest BCUT2D eigenvalue weighted by Crippen LogP contribution is -2.44. The summed E-state index contributed by atoms with van der Waals surface area (Å²) in [5, 5.41) is 6.00. The van der Waals surface area contributed by atoms with Crippen LogP contribution in [0.4, 0.5) is 4.79 Å². The van der Waals surface area contributed by atoms with E-state index < -0.39 is 0 Å². The SMILES string of the molecule is C[N+](C)(C)CCCNC(=O)NC1CCCCC1. The lowest BCUT2D eigenvalue weighted by atomic mass is 9.96. The predicted octanol–water partition coefficient (Wildman–Crippen LogP) is 1.71. The molecule has 0 bridgehead atoms. The van der Waals surface area contributed by atoms with Crippen LogP contribution in [0.2, 0.25) is 0 Å². The molecule has 1 rings (SSSR count). The Morgan fingerprint density at radius 3 is 2.41 bits per heavy atom. The third-order valence-corrected chi connectivity index (χ3v) is 3.23. The van der Waals surface area contributed by atoms with Crippen LogP contribution in [0.1, 0.15) is 38.5 Å². The van der Waals surface area contributed by atoms with Crippen molar-refractivity contribution in [3.05, 3.63) is 0 Å². The van der Waals surface area contributed by atoms with Crippen LogP contribution in [0.5, 0.6) is 0 Å². The Bertz CT molecular complexity index is 229. The highest BCUT2D eigenvalue weighted by molar-refractivity contribution is 5.74. The minimum absolute atomic E-state index is 0.0123. The summed E-state index contributed by atoms with van der Waals surface area (Å²) < 4.78 is 0.950. The van der Waals surface area contributed by atoms with E-state index in [2.05, 4.69) is 31.8 Å². The van der Waals surface area contributed by atoms with Crippen LogP contribution in [-0.4, -0.2) is 50.8 Å². The molecule has 2 N–H and O–H groups in total. The number of hydrogen-bond acceptors (Lipinski definition) is 1. The fourth-order valence-corrected chi connectivity index (χ4v) is 2.24. The zero-order chi connectivity index (χ0) is 12.7. The van der Waals surface area contributed by atoms with Gasteiger partial charge in [0.05, 0.1) is 27.7 Å². The molecule has 0 saturated heterocycles. The van der Waals surface area contributed by atoms with E-state index in [1.807, 2.05) is 0 Å². The molecule has 2 amide bonds. The Labute approximate surface area is 105 Å². The van der Waals surface area contributed by atoms with Crippen LogP contribution < -0.4 is 10.6 Å². The molecule has 17 heavy (non-hydrogen) atoms. The lowest BCUT2D eigenvalue weighted by molar-refractivity contribution is -0.870. The molecule has 4 heteroatoms. The third kappa shape index (κ3) is 7.21. The minimum Gasteiger partial charge on any atom is -0.338 e. The van der Waals surface area contributed by atoms with Gasteiger partial charge in [-0.05, 0) is 12.8 Å². The van der Waals surface area contributed by atoms with E-state index in [0.717, 1.165) is 36.8 Å². The van der Waals surface area contributed by atoms with Crippen LogP contribution >= 0.6 is 0 Å². The Balaban J connectivity index is 2.04. The molecule has 1 fully saturated rings. The van der Waals surface area contributed by atoms with Gasteiger partial charge in [-0.15, -0.1) is 0 Å². The van der Waals surface area contributed by atoms with E-state index >= 15 is 0 Å². The van der Waals surface area contributed by atoms with Gasteiger partial charge in [0.25, 0.3) is 0 Å². The van der Waals surface area contributed by atoms with Crippen LogP contribution in [-0.2, 0) is 0 Å². The van der Waals surface area contributed by atoms with Gasteiger partial charge in [-0.3, -0.25) is 0 Å². The van der Waals surface area contributed by atoms with Crippen molar-refractivity contribution in [2.24, 2.45) is 0 Å². The molecule has 4 nitrogen and oxygen atoms in total.